The highest BCUT2D eigenvalue weighted by Gasteiger charge is 2.00. The van der Waals surface area contributed by atoms with Crippen LogP contribution in [0.15, 0.2) is 42.5 Å². The van der Waals surface area contributed by atoms with E-state index in [1.807, 2.05) is 37.3 Å². The zero-order valence-corrected chi connectivity index (χ0v) is 12.3. The van der Waals surface area contributed by atoms with Crippen LogP contribution >= 0.6 is 22.6 Å². The molecule has 0 saturated carbocycles. The number of anilines is 3. The average molecular weight is 354 g/mol. The van der Waals surface area contributed by atoms with Crippen LogP contribution in [-0.4, -0.2) is 6.61 Å². The predicted molar refractivity (Wildman–Crippen MR) is 84.5 cm³/mol. The first kappa shape index (κ1) is 13.0. The highest BCUT2D eigenvalue weighted by Crippen LogP contribution is 2.25. The number of nitrogens with two attached hydrogens (primary N) is 1. The summed E-state index contributed by atoms with van der Waals surface area (Å²) >= 11 is 2.28. The van der Waals surface area contributed by atoms with Crippen molar-refractivity contribution in [2.75, 3.05) is 17.7 Å². The molecule has 2 aromatic rings. The summed E-state index contributed by atoms with van der Waals surface area (Å²) in [5.41, 5.74) is 8.50. The lowest BCUT2D eigenvalue weighted by Gasteiger charge is -2.10. The topological polar surface area (TPSA) is 47.3 Å². The molecule has 3 nitrogen and oxygen atoms in total. The quantitative estimate of drug-likeness (QED) is 0.644. The van der Waals surface area contributed by atoms with Gasteiger partial charge in [0.15, 0.2) is 0 Å². The molecule has 0 saturated heterocycles. The summed E-state index contributed by atoms with van der Waals surface area (Å²) in [6.45, 7) is 2.59. The van der Waals surface area contributed by atoms with Gasteiger partial charge in [-0.25, -0.2) is 0 Å². The highest BCUT2D eigenvalue weighted by atomic mass is 127. The van der Waals surface area contributed by atoms with Gasteiger partial charge in [-0.1, -0.05) is 0 Å². The van der Waals surface area contributed by atoms with Crippen molar-refractivity contribution in [1.82, 2.24) is 0 Å². The Morgan fingerprint density at radius 1 is 1.11 bits per heavy atom. The minimum absolute atomic E-state index is 0.631. The molecule has 0 fully saturated rings. The van der Waals surface area contributed by atoms with Crippen LogP contribution in [0.5, 0.6) is 5.75 Å². The lowest BCUT2D eigenvalue weighted by Crippen LogP contribution is -1.96. The Labute approximate surface area is 120 Å². The SMILES string of the molecule is CCOc1cc(N)cc(Nc2ccc(I)cc2)c1. The molecular weight excluding hydrogens is 339 g/mol. The van der Waals surface area contributed by atoms with E-state index >= 15 is 0 Å². The van der Waals surface area contributed by atoms with Crippen LogP contribution in [0.2, 0.25) is 0 Å². The van der Waals surface area contributed by atoms with E-state index in [1.54, 1.807) is 0 Å². The molecule has 94 valence electrons. The molecule has 2 rings (SSSR count). The normalized spacial score (nSPS) is 10.1. The van der Waals surface area contributed by atoms with Crippen LogP contribution in [0, 0.1) is 3.57 Å². The third kappa shape index (κ3) is 3.53. The zero-order chi connectivity index (χ0) is 13.0. The molecular formula is C14H15IN2O. The fourth-order valence-corrected chi connectivity index (χ4v) is 2.00. The van der Waals surface area contributed by atoms with E-state index < -0.39 is 0 Å². The Morgan fingerprint density at radius 2 is 1.83 bits per heavy atom. The van der Waals surface area contributed by atoms with Gasteiger partial charge in [0.1, 0.15) is 5.75 Å². The molecule has 0 aromatic heterocycles. The molecule has 4 heteroatoms. The Morgan fingerprint density at radius 3 is 2.50 bits per heavy atom. The van der Waals surface area contributed by atoms with Crippen molar-refractivity contribution in [2.24, 2.45) is 0 Å². The van der Waals surface area contributed by atoms with Gasteiger partial charge >= 0.3 is 0 Å². The Kier molecular flexibility index (Phi) is 4.30. The maximum atomic E-state index is 5.85. The minimum atomic E-state index is 0.631. The standard InChI is InChI=1S/C14H15IN2O/c1-2-18-14-8-11(16)7-13(9-14)17-12-5-3-10(15)4-6-12/h3-9,17H,2,16H2,1H3. The van der Waals surface area contributed by atoms with Gasteiger partial charge in [0.2, 0.25) is 0 Å². The van der Waals surface area contributed by atoms with Crippen LogP contribution in [0.25, 0.3) is 0 Å². The number of rotatable bonds is 4. The fraction of sp³-hybridized carbons (Fsp3) is 0.143. The Hall–Kier alpha value is -1.43. The van der Waals surface area contributed by atoms with Gasteiger partial charge < -0.3 is 15.8 Å². The maximum Gasteiger partial charge on any atom is 0.123 e. The molecule has 0 amide bonds. The first-order chi connectivity index (χ1) is 8.67. The van der Waals surface area contributed by atoms with E-state index in [0.717, 1.165) is 17.1 Å². The van der Waals surface area contributed by atoms with Crippen molar-refractivity contribution in [3.05, 3.63) is 46.0 Å². The van der Waals surface area contributed by atoms with Crippen molar-refractivity contribution >= 4 is 39.7 Å². The first-order valence-corrected chi connectivity index (χ1v) is 6.81. The second-order valence-corrected chi connectivity index (χ2v) is 5.10. The van der Waals surface area contributed by atoms with E-state index in [2.05, 4.69) is 40.0 Å². The van der Waals surface area contributed by atoms with Gasteiger partial charge in [0, 0.05) is 32.8 Å². The van der Waals surface area contributed by atoms with Gasteiger partial charge in [0.25, 0.3) is 0 Å². The Bertz CT molecular complexity index is 526. The Balaban J connectivity index is 2.20. The number of nitrogen functional groups attached to an aromatic ring is 1. The number of halogens is 1. The molecule has 0 unspecified atom stereocenters. The molecule has 0 atom stereocenters. The number of benzene rings is 2. The number of ether oxygens (including phenoxy) is 1. The largest absolute Gasteiger partial charge is 0.494 e. The van der Waals surface area contributed by atoms with Gasteiger partial charge in [0.05, 0.1) is 6.61 Å². The highest BCUT2D eigenvalue weighted by molar-refractivity contribution is 14.1. The molecule has 18 heavy (non-hydrogen) atoms. The molecule has 0 radical (unpaired) electrons. The third-order valence-electron chi connectivity index (χ3n) is 2.37. The van der Waals surface area contributed by atoms with Gasteiger partial charge in [-0.2, -0.15) is 0 Å². The van der Waals surface area contributed by atoms with Crippen LogP contribution in [0.3, 0.4) is 0 Å². The summed E-state index contributed by atoms with van der Waals surface area (Å²) in [5.74, 6) is 0.783. The average Bonchev–Trinajstić information content (AvgIpc) is 2.32. The summed E-state index contributed by atoms with van der Waals surface area (Å²) < 4.78 is 6.67. The van der Waals surface area contributed by atoms with Crippen molar-refractivity contribution in [3.8, 4) is 5.75 Å². The van der Waals surface area contributed by atoms with E-state index in [-0.39, 0.29) is 0 Å². The number of nitrogens with one attached hydrogen (secondary N) is 1. The summed E-state index contributed by atoms with van der Waals surface area (Å²) in [7, 11) is 0. The van der Waals surface area contributed by atoms with Crippen molar-refractivity contribution in [2.45, 2.75) is 6.92 Å². The number of hydrogen-bond donors (Lipinski definition) is 2. The van der Waals surface area contributed by atoms with Crippen LogP contribution in [0.4, 0.5) is 17.1 Å². The lowest BCUT2D eigenvalue weighted by atomic mass is 10.2. The van der Waals surface area contributed by atoms with Gasteiger partial charge in [-0.3, -0.25) is 0 Å². The smallest absolute Gasteiger partial charge is 0.123 e. The van der Waals surface area contributed by atoms with E-state index in [0.29, 0.717) is 12.3 Å². The van der Waals surface area contributed by atoms with Crippen molar-refractivity contribution in [3.63, 3.8) is 0 Å². The summed E-state index contributed by atoms with van der Waals surface area (Å²) in [4.78, 5) is 0. The molecule has 0 spiro atoms. The van der Waals surface area contributed by atoms with Crippen molar-refractivity contribution < 1.29 is 4.74 Å². The molecule has 2 aromatic carbocycles. The minimum Gasteiger partial charge on any atom is -0.494 e. The molecule has 0 aliphatic heterocycles. The van der Waals surface area contributed by atoms with Crippen LogP contribution in [-0.2, 0) is 0 Å². The van der Waals surface area contributed by atoms with E-state index in [4.69, 9.17) is 10.5 Å². The van der Waals surface area contributed by atoms with Gasteiger partial charge in [-0.15, -0.1) is 0 Å². The van der Waals surface area contributed by atoms with Crippen LogP contribution < -0.4 is 15.8 Å². The monoisotopic (exact) mass is 354 g/mol. The van der Waals surface area contributed by atoms with Crippen molar-refractivity contribution in [1.29, 1.82) is 0 Å². The van der Waals surface area contributed by atoms with Crippen LogP contribution in [0.1, 0.15) is 6.92 Å². The zero-order valence-electron chi connectivity index (χ0n) is 10.1. The summed E-state index contributed by atoms with van der Waals surface area (Å²) in [5, 5.41) is 3.31. The van der Waals surface area contributed by atoms with E-state index in [1.165, 1.54) is 3.57 Å². The first-order valence-electron chi connectivity index (χ1n) is 5.73. The fourth-order valence-electron chi connectivity index (χ4n) is 1.64. The van der Waals surface area contributed by atoms with Gasteiger partial charge in [-0.05, 0) is 59.8 Å². The summed E-state index contributed by atoms with van der Waals surface area (Å²) in [6.07, 6.45) is 0. The van der Waals surface area contributed by atoms with E-state index in [9.17, 15) is 0 Å². The molecule has 0 bridgehead atoms. The lowest BCUT2D eigenvalue weighted by molar-refractivity contribution is 0.340. The molecule has 3 N–H and O–H groups in total. The summed E-state index contributed by atoms with van der Waals surface area (Å²) in [6, 6.07) is 13.8. The second kappa shape index (κ2) is 5.95. The molecule has 0 aliphatic rings. The molecule has 0 heterocycles. The maximum absolute atomic E-state index is 5.85. The third-order valence-corrected chi connectivity index (χ3v) is 3.09. The second-order valence-electron chi connectivity index (χ2n) is 3.86. The predicted octanol–water partition coefficient (Wildman–Crippen LogP) is 4.02. The molecule has 0 aliphatic carbocycles. The number of hydrogen-bond acceptors (Lipinski definition) is 3.